The molecule has 5 heteroatoms. The first kappa shape index (κ1) is 22.6. The molecule has 0 fully saturated rings. The van der Waals surface area contributed by atoms with Crippen LogP contribution < -0.4 is 26.6 Å². The van der Waals surface area contributed by atoms with Crippen LogP contribution in [-0.4, -0.2) is 35.7 Å². The molecule has 166 valence electrons. The number of rotatable bonds is 4. The van der Waals surface area contributed by atoms with Crippen LogP contribution in [0.2, 0.25) is 0 Å². The van der Waals surface area contributed by atoms with Crippen molar-refractivity contribution in [3.63, 3.8) is 0 Å². The second-order valence-corrected chi connectivity index (χ2v) is 8.44. The first-order valence-corrected chi connectivity index (χ1v) is 11.1. The third kappa shape index (κ3) is 4.07. The number of aliphatic hydroxyl groups is 1. The third-order valence-corrected chi connectivity index (χ3v) is 6.52. The average Bonchev–Trinajstić information content (AvgIpc) is 2.95. The smallest absolute Gasteiger partial charge is 0.275 e. The number of ether oxygens (including phenoxy) is 1. The minimum absolute atomic E-state index is 0. The number of benzene rings is 3. The second-order valence-electron chi connectivity index (χ2n) is 8.44. The normalized spacial score (nSPS) is 20.4. The maximum atomic E-state index is 12.1. The van der Waals surface area contributed by atoms with Crippen LogP contribution in [0.25, 0.3) is 11.1 Å². The zero-order valence-corrected chi connectivity index (χ0v) is 20.0. The van der Waals surface area contributed by atoms with Gasteiger partial charge >= 0.3 is 0 Å². The number of halogens is 1. The van der Waals surface area contributed by atoms with Crippen molar-refractivity contribution in [1.29, 1.82) is 0 Å². The number of hydrogen-bond donors (Lipinski definition) is 1. The van der Waals surface area contributed by atoms with Crippen LogP contribution in [0.3, 0.4) is 0 Å². The zero-order chi connectivity index (χ0) is 21.3. The summed E-state index contributed by atoms with van der Waals surface area (Å²) in [4.78, 5) is 2.15. The van der Waals surface area contributed by atoms with Gasteiger partial charge in [0.1, 0.15) is 11.4 Å². The summed E-state index contributed by atoms with van der Waals surface area (Å²) < 4.78 is 7.73. The molecule has 2 aliphatic rings. The Labute approximate surface area is 200 Å². The van der Waals surface area contributed by atoms with Gasteiger partial charge in [-0.25, -0.2) is 0 Å². The van der Waals surface area contributed by atoms with Crippen LogP contribution in [0.5, 0.6) is 5.75 Å². The van der Waals surface area contributed by atoms with Crippen molar-refractivity contribution in [2.24, 2.45) is 0 Å². The predicted molar refractivity (Wildman–Crippen MR) is 125 cm³/mol. The van der Waals surface area contributed by atoms with Crippen molar-refractivity contribution >= 4 is 11.5 Å². The molecule has 0 aliphatic carbocycles. The van der Waals surface area contributed by atoms with E-state index < -0.39 is 5.72 Å². The number of amidine groups is 1. The molecule has 4 nitrogen and oxygen atoms in total. The maximum Gasteiger partial charge on any atom is 0.275 e. The fourth-order valence-corrected chi connectivity index (χ4v) is 4.90. The maximum absolute atomic E-state index is 12.1. The molecule has 2 aliphatic heterocycles. The van der Waals surface area contributed by atoms with Crippen molar-refractivity contribution in [3.05, 3.63) is 84.4 Å². The molecule has 0 saturated carbocycles. The summed E-state index contributed by atoms with van der Waals surface area (Å²) in [6.07, 6.45) is 4.54. The lowest BCUT2D eigenvalue weighted by atomic mass is 9.96. The van der Waals surface area contributed by atoms with Gasteiger partial charge in [-0.2, -0.15) is 4.90 Å². The van der Waals surface area contributed by atoms with Crippen LogP contribution in [0.15, 0.2) is 78.9 Å². The van der Waals surface area contributed by atoms with Crippen molar-refractivity contribution in [2.45, 2.75) is 31.4 Å². The van der Waals surface area contributed by atoms with Gasteiger partial charge < -0.3 is 26.8 Å². The second kappa shape index (κ2) is 9.47. The van der Waals surface area contributed by atoms with Gasteiger partial charge in [-0.05, 0) is 54.7 Å². The molecule has 0 aromatic heterocycles. The molecule has 0 bridgehead atoms. The third-order valence-electron chi connectivity index (χ3n) is 6.52. The van der Waals surface area contributed by atoms with E-state index in [0.717, 1.165) is 42.0 Å². The SMILES string of the molecule is COc1ccc(N2C3=[N+](CCCCC3)CC2(O)c2ccc(-c3ccccc3)cc2)cc1.[Br-]. The molecule has 5 rings (SSSR count). The molecule has 3 aromatic carbocycles. The van der Waals surface area contributed by atoms with Gasteiger partial charge in [0.2, 0.25) is 0 Å². The van der Waals surface area contributed by atoms with E-state index in [1.165, 1.54) is 24.2 Å². The summed E-state index contributed by atoms with van der Waals surface area (Å²) in [5.41, 5.74) is 3.15. The molecule has 0 spiro atoms. The molecule has 32 heavy (non-hydrogen) atoms. The number of hydrogen-bond acceptors (Lipinski definition) is 3. The van der Waals surface area contributed by atoms with Gasteiger partial charge in [-0.15, -0.1) is 0 Å². The monoisotopic (exact) mass is 492 g/mol. The lowest BCUT2D eigenvalue weighted by Crippen LogP contribution is -3.00. The van der Waals surface area contributed by atoms with Crippen LogP contribution in [-0.2, 0) is 5.72 Å². The largest absolute Gasteiger partial charge is 1.00 e. The molecule has 0 saturated heterocycles. The Morgan fingerprint density at radius 2 is 1.53 bits per heavy atom. The molecular weight excluding hydrogens is 464 g/mol. The summed E-state index contributed by atoms with van der Waals surface area (Å²) in [7, 11) is 1.68. The minimum atomic E-state index is -1.10. The first-order chi connectivity index (χ1) is 15.2. The topological polar surface area (TPSA) is 35.7 Å². The summed E-state index contributed by atoms with van der Waals surface area (Å²) >= 11 is 0. The highest BCUT2D eigenvalue weighted by Gasteiger charge is 2.54. The molecule has 1 unspecified atom stereocenters. The average molecular weight is 493 g/mol. The van der Waals surface area contributed by atoms with Crippen LogP contribution >= 0.6 is 0 Å². The highest BCUT2D eigenvalue weighted by atomic mass is 79.9. The van der Waals surface area contributed by atoms with E-state index in [4.69, 9.17) is 4.74 Å². The minimum Gasteiger partial charge on any atom is -1.00 e. The number of nitrogens with zero attached hydrogens (tertiary/aromatic N) is 2. The molecular formula is C27H29BrN2O2. The summed E-state index contributed by atoms with van der Waals surface area (Å²) in [5.74, 6) is 2.04. The van der Waals surface area contributed by atoms with Gasteiger partial charge in [0, 0.05) is 12.0 Å². The van der Waals surface area contributed by atoms with E-state index in [2.05, 4.69) is 58.0 Å². The molecule has 1 N–H and O–H groups in total. The molecule has 2 heterocycles. The van der Waals surface area contributed by atoms with Crippen molar-refractivity contribution in [2.75, 3.05) is 25.1 Å². The van der Waals surface area contributed by atoms with Crippen molar-refractivity contribution in [3.8, 4) is 16.9 Å². The standard InChI is InChI=1S/C27H29N2O2.BrH/c1-31-25-17-15-24(16-18-25)29-26-10-6-3-7-19-28(26)20-27(29,30)23-13-11-22(12-14-23)21-8-4-2-5-9-21;/h2,4-5,8-9,11-18,30H,3,6-7,10,19-20H2,1H3;1H/q+1;/p-1. The summed E-state index contributed by atoms with van der Waals surface area (Å²) in [6.45, 7) is 1.57. The van der Waals surface area contributed by atoms with Gasteiger partial charge in [-0.3, -0.25) is 4.58 Å². The van der Waals surface area contributed by atoms with Gasteiger partial charge in [0.05, 0.1) is 13.7 Å². The van der Waals surface area contributed by atoms with E-state index >= 15 is 0 Å². The van der Waals surface area contributed by atoms with E-state index in [0.29, 0.717) is 6.54 Å². The Balaban J connectivity index is 0.00000245. The number of anilines is 1. The highest BCUT2D eigenvalue weighted by Crippen LogP contribution is 2.39. The fourth-order valence-electron chi connectivity index (χ4n) is 4.90. The van der Waals surface area contributed by atoms with E-state index in [9.17, 15) is 5.11 Å². The van der Waals surface area contributed by atoms with E-state index in [1.54, 1.807) is 7.11 Å². The predicted octanol–water partition coefficient (Wildman–Crippen LogP) is 2.02. The quantitative estimate of drug-likeness (QED) is 0.566. The molecule has 1 atom stereocenters. The first-order valence-electron chi connectivity index (χ1n) is 11.1. The Hall–Kier alpha value is -2.63. The van der Waals surface area contributed by atoms with Crippen LogP contribution in [0, 0.1) is 0 Å². The van der Waals surface area contributed by atoms with Crippen LogP contribution in [0.4, 0.5) is 5.69 Å². The lowest BCUT2D eigenvalue weighted by molar-refractivity contribution is -0.534. The molecule has 3 aromatic rings. The summed E-state index contributed by atoms with van der Waals surface area (Å²) in [6, 6.07) is 26.8. The van der Waals surface area contributed by atoms with Crippen molar-refractivity contribution < 1.29 is 31.4 Å². The van der Waals surface area contributed by atoms with Gasteiger partial charge in [0.15, 0.2) is 6.54 Å². The zero-order valence-electron chi connectivity index (χ0n) is 18.4. The summed E-state index contributed by atoms with van der Waals surface area (Å²) in [5, 5.41) is 12.1. The van der Waals surface area contributed by atoms with Gasteiger partial charge in [-0.1, -0.05) is 54.6 Å². The fraction of sp³-hybridized carbons (Fsp3) is 0.296. The van der Waals surface area contributed by atoms with E-state index in [-0.39, 0.29) is 17.0 Å². The Morgan fingerprint density at radius 1 is 0.844 bits per heavy atom. The van der Waals surface area contributed by atoms with Gasteiger partial charge in [0.25, 0.3) is 11.6 Å². The highest BCUT2D eigenvalue weighted by molar-refractivity contribution is 5.97. The van der Waals surface area contributed by atoms with E-state index in [1.807, 2.05) is 30.3 Å². The lowest BCUT2D eigenvalue weighted by Gasteiger charge is -2.29. The number of methoxy groups -OCH3 is 1. The Bertz CT molecular complexity index is 1080. The van der Waals surface area contributed by atoms with Crippen LogP contribution in [0.1, 0.15) is 31.2 Å². The Morgan fingerprint density at radius 3 is 2.22 bits per heavy atom. The van der Waals surface area contributed by atoms with Crippen molar-refractivity contribution in [1.82, 2.24) is 0 Å². The molecule has 0 amide bonds. The molecule has 0 radical (unpaired) electrons. The Kier molecular flexibility index (Phi) is 6.68.